The van der Waals surface area contributed by atoms with Crippen molar-refractivity contribution in [2.45, 2.75) is 18.6 Å². The van der Waals surface area contributed by atoms with Crippen molar-refractivity contribution in [1.82, 2.24) is 5.32 Å². The number of fused-ring (bicyclic) bond motifs is 1. The van der Waals surface area contributed by atoms with Crippen LogP contribution in [0.4, 0.5) is 13.2 Å². The quantitative estimate of drug-likeness (QED) is 0.927. The van der Waals surface area contributed by atoms with Gasteiger partial charge in [-0.3, -0.25) is 9.59 Å². The van der Waals surface area contributed by atoms with Crippen molar-refractivity contribution in [3.8, 4) is 11.5 Å². The molecule has 0 unspecified atom stereocenters. The number of methoxy groups -OCH3 is 2. The van der Waals surface area contributed by atoms with E-state index < -0.39 is 18.1 Å². The van der Waals surface area contributed by atoms with Gasteiger partial charge in [-0.05, 0) is 17.7 Å². The second-order valence-electron chi connectivity index (χ2n) is 4.45. The van der Waals surface area contributed by atoms with Crippen molar-refractivity contribution >= 4 is 11.7 Å². The molecule has 0 saturated carbocycles. The number of amides is 1. The fraction of sp³-hybridized carbons (Fsp3) is 0.385. The van der Waals surface area contributed by atoms with E-state index in [1.165, 1.54) is 26.4 Å². The molecule has 1 aliphatic rings. The van der Waals surface area contributed by atoms with Crippen molar-refractivity contribution in [1.29, 1.82) is 0 Å². The minimum absolute atomic E-state index is 0.222. The van der Waals surface area contributed by atoms with Crippen LogP contribution in [0.25, 0.3) is 0 Å². The molecule has 0 radical (unpaired) electrons. The third-order valence-corrected chi connectivity index (χ3v) is 3.18. The molecule has 21 heavy (non-hydrogen) atoms. The van der Waals surface area contributed by atoms with Crippen molar-refractivity contribution < 1.29 is 32.2 Å². The topological polar surface area (TPSA) is 64.6 Å². The second-order valence-corrected chi connectivity index (χ2v) is 4.45. The number of ketones is 1. The van der Waals surface area contributed by atoms with Gasteiger partial charge in [-0.2, -0.15) is 13.2 Å². The van der Waals surface area contributed by atoms with E-state index in [1.54, 1.807) is 0 Å². The largest absolute Gasteiger partial charge is 0.493 e. The molecule has 0 heterocycles. The molecule has 0 fully saturated rings. The van der Waals surface area contributed by atoms with Gasteiger partial charge < -0.3 is 14.8 Å². The maximum Gasteiger partial charge on any atom is 0.471 e. The normalized spacial score (nSPS) is 17.4. The van der Waals surface area contributed by atoms with Crippen LogP contribution in [-0.4, -0.2) is 32.1 Å². The Balaban J connectivity index is 2.36. The number of Topliss-reactive ketones (excluding diaryl/α,β-unsaturated/α-hetero) is 1. The summed E-state index contributed by atoms with van der Waals surface area (Å²) in [6.07, 6.45) is -5.23. The number of carbonyl (C=O) groups is 2. The lowest BCUT2D eigenvalue weighted by Gasteiger charge is -2.16. The number of nitrogens with one attached hydrogen (secondary N) is 1. The average molecular weight is 303 g/mol. The smallest absolute Gasteiger partial charge is 0.471 e. The molecule has 5 nitrogen and oxygen atoms in total. The highest BCUT2D eigenvalue weighted by Gasteiger charge is 2.42. The number of ether oxygens (including phenoxy) is 2. The first-order chi connectivity index (χ1) is 9.77. The summed E-state index contributed by atoms with van der Waals surface area (Å²) in [4.78, 5) is 22.9. The molecule has 1 N–H and O–H groups in total. The van der Waals surface area contributed by atoms with Crippen molar-refractivity contribution in [3.05, 3.63) is 23.3 Å². The van der Waals surface area contributed by atoms with Crippen molar-refractivity contribution in [3.63, 3.8) is 0 Å². The predicted octanol–water partition coefficient (Wildman–Crippen LogP) is 2.01. The van der Waals surface area contributed by atoms with Crippen LogP contribution in [-0.2, 0) is 4.79 Å². The Morgan fingerprint density at radius 1 is 1.24 bits per heavy atom. The van der Waals surface area contributed by atoms with Crippen LogP contribution in [0, 0.1) is 0 Å². The SMILES string of the molecule is COc1cc2c(cc1OC)[C@H](NC(=O)C(F)(F)F)CC2=O. The van der Waals surface area contributed by atoms with Gasteiger partial charge in [0.25, 0.3) is 0 Å². The van der Waals surface area contributed by atoms with Gasteiger partial charge >= 0.3 is 12.1 Å². The maximum atomic E-state index is 12.3. The average Bonchev–Trinajstić information content (AvgIpc) is 2.72. The van der Waals surface area contributed by atoms with Gasteiger partial charge in [0, 0.05) is 12.0 Å². The van der Waals surface area contributed by atoms with Gasteiger partial charge in [-0.25, -0.2) is 0 Å². The zero-order valence-corrected chi connectivity index (χ0v) is 11.2. The minimum Gasteiger partial charge on any atom is -0.493 e. The molecule has 1 aromatic rings. The van der Waals surface area contributed by atoms with Crippen molar-refractivity contribution in [2.75, 3.05) is 14.2 Å². The Bertz CT molecular complexity index is 598. The summed E-state index contributed by atoms with van der Waals surface area (Å²) in [5.41, 5.74) is 0.510. The molecule has 1 aromatic carbocycles. The molecule has 114 valence electrons. The summed E-state index contributed by atoms with van der Waals surface area (Å²) in [5, 5.41) is 1.81. The lowest BCUT2D eigenvalue weighted by molar-refractivity contribution is -0.174. The number of alkyl halides is 3. The molecule has 0 aliphatic heterocycles. The standard InChI is InChI=1S/C13H12F3NO4/c1-20-10-3-6-7(4-11(10)21-2)9(18)5-8(6)17-12(19)13(14,15)16/h3-4,8H,5H2,1-2H3,(H,17,19)/t8-/m1/s1. The summed E-state index contributed by atoms with van der Waals surface area (Å²) in [7, 11) is 2.75. The third kappa shape index (κ3) is 2.79. The lowest BCUT2D eigenvalue weighted by Crippen LogP contribution is -2.38. The molecule has 8 heteroatoms. The molecule has 0 saturated heterocycles. The first kappa shape index (κ1) is 15.1. The van der Waals surface area contributed by atoms with Crippen LogP contribution in [0.3, 0.4) is 0 Å². The summed E-state index contributed by atoms with van der Waals surface area (Å²) in [6, 6.07) is 1.78. The monoisotopic (exact) mass is 303 g/mol. The molecule has 1 aliphatic carbocycles. The number of rotatable bonds is 3. The summed E-state index contributed by atoms with van der Waals surface area (Å²) in [6.45, 7) is 0. The zero-order valence-electron chi connectivity index (χ0n) is 11.2. The van der Waals surface area contributed by atoms with Gasteiger partial charge in [-0.15, -0.1) is 0 Å². The highest BCUT2D eigenvalue weighted by Crippen LogP contribution is 2.39. The summed E-state index contributed by atoms with van der Waals surface area (Å²) in [5.74, 6) is -1.87. The third-order valence-electron chi connectivity index (χ3n) is 3.18. The molecule has 1 amide bonds. The molecule has 0 aromatic heterocycles. The van der Waals surface area contributed by atoms with Crippen LogP contribution in [0.15, 0.2) is 12.1 Å². The Kier molecular flexibility index (Phi) is 3.80. The van der Waals surface area contributed by atoms with Crippen molar-refractivity contribution in [2.24, 2.45) is 0 Å². The Hall–Kier alpha value is -2.25. The second kappa shape index (κ2) is 5.27. The van der Waals surface area contributed by atoms with Gasteiger partial charge in [0.1, 0.15) is 0 Å². The van der Waals surface area contributed by atoms with E-state index >= 15 is 0 Å². The van der Waals surface area contributed by atoms with Crippen LogP contribution < -0.4 is 14.8 Å². The van der Waals surface area contributed by atoms with Gasteiger partial charge in [0.15, 0.2) is 17.3 Å². The Morgan fingerprint density at radius 3 is 2.33 bits per heavy atom. The van der Waals surface area contributed by atoms with E-state index in [0.717, 1.165) is 0 Å². The van der Waals surface area contributed by atoms with E-state index in [4.69, 9.17) is 9.47 Å². The van der Waals surface area contributed by atoms with E-state index in [2.05, 4.69) is 0 Å². The molecule has 2 rings (SSSR count). The number of halogens is 3. The first-order valence-corrected chi connectivity index (χ1v) is 5.94. The van der Waals surface area contributed by atoms with Crippen LogP contribution in [0.5, 0.6) is 11.5 Å². The summed E-state index contributed by atoms with van der Waals surface area (Å²) < 4.78 is 47.0. The van der Waals surface area contributed by atoms with E-state index in [0.29, 0.717) is 5.75 Å². The van der Waals surface area contributed by atoms with Gasteiger partial charge in [-0.1, -0.05) is 0 Å². The molecular formula is C13H12F3NO4. The minimum atomic E-state index is -5.00. The number of hydrogen-bond donors (Lipinski definition) is 1. The number of carbonyl (C=O) groups excluding carboxylic acids is 2. The fourth-order valence-electron chi connectivity index (χ4n) is 2.20. The molecular weight excluding hydrogens is 291 g/mol. The number of benzene rings is 1. The molecule has 0 bridgehead atoms. The van der Waals surface area contributed by atoms with Crippen LogP contribution >= 0.6 is 0 Å². The highest BCUT2D eigenvalue weighted by atomic mass is 19.4. The van der Waals surface area contributed by atoms with Gasteiger partial charge in [0.05, 0.1) is 20.3 Å². The van der Waals surface area contributed by atoms with Crippen LogP contribution in [0.2, 0.25) is 0 Å². The first-order valence-electron chi connectivity index (χ1n) is 5.94. The van der Waals surface area contributed by atoms with E-state index in [9.17, 15) is 22.8 Å². The number of hydrogen-bond acceptors (Lipinski definition) is 4. The fourth-order valence-corrected chi connectivity index (χ4v) is 2.20. The van der Waals surface area contributed by atoms with Crippen LogP contribution in [0.1, 0.15) is 28.4 Å². The summed E-state index contributed by atoms with van der Waals surface area (Å²) >= 11 is 0. The van der Waals surface area contributed by atoms with E-state index in [-0.39, 0.29) is 29.1 Å². The Labute approximate surface area is 118 Å². The predicted molar refractivity (Wildman–Crippen MR) is 65.4 cm³/mol. The van der Waals surface area contributed by atoms with Gasteiger partial charge in [0.2, 0.25) is 0 Å². The molecule has 1 atom stereocenters. The Morgan fingerprint density at radius 2 is 1.81 bits per heavy atom. The zero-order chi connectivity index (χ0) is 15.8. The lowest BCUT2D eigenvalue weighted by atomic mass is 10.1. The molecule has 0 spiro atoms. The van der Waals surface area contributed by atoms with E-state index in [1.807, 2.05) is 5.32 Å². The highest BCUT2D eigenvalue weighted by molar-refractivity contribution is 6.02. The maximum absolute atomic E-state index is 12.3.